The third kappa shape index (κ3) is 6.96. The smallest absolute Gasteiger partial charge is 0.219 e. The van der Waals surface area contributed by atoms with Crippen LogP contribution in [0.1, 0.15) is 87.0 Å². The van der Waals surface area contributed by atoms with Crippen molar-refractivity contribution < 1.29 is 9.59 Å². The quantitative estimate of drug-likeness (QED) is 0.552. The average molecular weight is 391 g/mol. The Hall–Kier alpha value is -1.84. The van der Waals surface area contributed by atoms with E-state index in [2.05, 4.69) is 49.2 Å². The highest BCUT2D eigenvalue weighted by Crippen LogP contribution is 2.55. The van der Waals surface area contributed by atoms with Crippen molar-refractivity contribution in [2.45, 2.75) is 98.6 Å². The third-order valence-electron chi connectivity index (χ3n) is 4.86. The summed E-state index contributed by atoms with van der Waals surface area (Å²) in [6.07, 6.45) is 12.8. The summed E-state index contributed by atoms with van der Waals surface area (Å²) in [5, 5.41) is 2.64. The maximum absolute atomic E-state index is 11.8. The van der Waals surface area contributed by atoms with Crippen LogP contribution in [-0.2, 0) is 9.59 Å². The molecule has 0 radical (unpaired) electrons. The first kappa shape index (κ1) is 26.2. The van der Waals surface area contributed by atoms with E-state index in [-0.39, 0.29) is 17.5 Å². The van der Waals surface area contributed by atoms with Crippen LogP contribution in [0.5, 0.6) is 0 Å². The van der Waals surface area contributed by atoms with Crippen LogP contribution in [0.3, 0.4) is 0 Å². The lowest BCUT2D eigenvalue weighted by molar-refractivity contribution is -0.121. The van der Waals surface area contributed by atoms with Gasteiger partial charge in [0, 0.05) is 24.7 Å². The second-order valence-electron chi connectivity index (χ2n) is 7.13. The second-order valence-corrected chi connectivity index (χ2v) is 7.13. The van der Waals surface area contributed by atoms with Crippen molar-refractivity contribution >= 4 is 12.2 Å². The predicted octanol–water partition coefficient (Wildman–Crippen LogP) is 5.56. The Labute approximate surface area is 173 Å². The van der Waals surface area contributed by atoms with Gasteiger partial charge in [-0.2, -0.15) is 0 Å². The van der Waals surface area contributed by atoms with Gasteiger partial charge < -0.3 is 15.0 Å². The molecule has 4 nitrogen and oxygen atoms in total. The largest absolute Gasteiger partial charge is 0.359 e. The molecule has 1 aliphatic carbocycles. The summed E-state index contributed by atoms with van der Waals surface area (Å²) in [6, 6.07) is -0.232. The Morgan fingerprint density at radius 1 is 1.21 bits per heavy atom. The minimum Gasteiger partial charge on any atom is -0.359 e. The van der Waals surface area contributed by atoms with Crippen LogP contribution in [0.25, 0.3) is 0 Å². The van der Waals surface area contributed by atoms with E-state index in [0.29, 0.717) is 12.8 Å². The minimum absolute atomic E-state index is 0.00922. The highest BCUT2D eigenvalue weighted by Gasteiger charge is 2.54. The molecule has 1 heterocycles. The molecule has 0 saturated heterocycles. The molecule has 1 spiro atoms. The van der Waals surface area contributed by atoms with Crippen molar-refractivity contribution in [3.8, 4) is 0 Å². The summed E-state index contributed by atoms with van der Waals surface area (Å²) >= 11 is 0. The minimum atomic E-state index is -0.232. The lowest BCUT2D eigenvalue weighted by atomic mass is 10.0. The van der Waals surface area contributed by atoms with E-state index in [4.69, 9.17) is 0 Å². The van der Waals surface area contributed by atoms with Crippen LogP contribution in [0, 0.1) is 0 Å². The summed E-state index contributed by atoms with van der Waals surface area (Å²) in [6.45, 7) is 14.3. The molecule has 160 valence electrons. The molecule has 4 heteroatoms. The molecule has 1 saturated carbocycles. The molecule has 1 unspecified atom stereocenters. The van der Waals surface area contributed by atoms with Crippen molar-refractivity contribution in [1.82, 2.24) is 10.2 Å². The first-order valence-corrected chi connectivity index (χ1v) is 11.0. The number of rotatable bonds is 8. The zero-order valence-electron chi connectivity index (χ0n) is 19.4. The fourth-order valence-corrected chi connectivity index (χ4v) is 3.59. The fraction of sp³-hybridized carbons (Fsp3) is 0.667. The van der Waals surface area contributed by atoms with E-state index >= 15 is 0 Å². The zero-order valence-corrected chi connectivity index (χ0v) is 19.4. The molecular formula is C24H42N2O2. The van der Waals surface area contributed by atoms with Gasteiger partial charge in [-0.15, -0.1) is 0 Å². The summed E-state index contributed by atoms with van der Waals surface area (Å²) in [5.41, 5.74) is 3.87. The number of amides is 1. The average Bonchev–Trinajstić information content (AvgIpc) is 3.42. The van der Waals surface area contributed by atoms with Crippen molar-refractivity contribution in [2.75, 3.05) is 7.05 Å². The molecule has 2 rings (SSSR count). The van der Waals surface area contributed by atoms with Gasteiger partial charge >= 0.3 is 0 Å². The Morgan fingerprint density at radius 2 is 1.82 bits per heavy atom. The maximum atomic E-state index is 11.8. The third-order valence-corrected chi connectivity index (χ3v) is 4.86. The number of nitrogens with one attached hydrogen (secondary N) is 1. The van der Waals surface area contributed by atoms with Crippen molar-refractivity contribution in [3.05, 3.63) is 35.1 Å². The van der Waals surface area contributed by atoms with Gasteiger partial charge in [0.05, 0.1) is 6.04 Å². The summed E-state index contributed by atoms with van der Waals surface area (Å²) < 4.78 is 0. The van der Waals surface area contributed by atoms with Crippen LogP contribution in [0.2, 0.25) is 0 Å². The number of allylic oxidation sites excluding steroid dienone is 4. The molecule has 1 aliphatic heterocycles. The molecule has 1 fully saturated rings. The highest BCUT2D eigenvalue weighted by molar-refractivity contribution is 5.76. The summed E-state index contributed by atoms with van der Waals surface area (Å²) in [4.78, 5) is 25.7. The van der Waals surface area contributed by atoms with Crippen LogP contribution in [0.15, 0.2) is 35.1 Å². The molecule has 0 bridgehead atoms. The van der Waals surface area contributed by atoms with Crippen molar-refractivity contribution in [2.24, 2.45) is 0 Å². The van der Waals surface area contributed by atoms with Gasteiger partial charge in [-0.3, -0.25) is 4.79 Å². The number of carbonyl (C=O) groups excluding carboxylic acids is 2. The molecule has 0 aromatic carbocycles. The lowest BCUT2D eigenvalue weighted by Crippen LogP contribution is -2.42. The first-order valence-electron chi connectivity index (χ1n) is 11.0. The van der Waals surface area contributed by atoms with E-state index in [0.717, 1.165) is 32.0 Å². The molecule has 28 heavy (non-hydrogen) atoms. The Morgan fingerprint density at radius 3 is 2.25 bits per heavy atom. The second kappa shape index (κ2) is 13.4. The molecule has 1 amide bonds. The van der Waals surface area contributed by atoms with Gasteiger partial charge in [-0.25, -0.2) is 0 Å². The fourth-order valence-electron chi connectivity index (χ4n) is 3.59. The van der Waals surface area contributed by atoms with E-state index in [9.17, 15) is 9.59 Å². The monoisotopic (exact) mass is 390 g/mol. The lowest BCUT2D eigenvalue weighted by Gasteiger charge is -2.34. The number of nitrogens with zero attached hydrogens (tertiary/aromatic N) is 1. The molecule has 0 aromatic heterocycles. The van der Waals surface area contributed by atoms with Gasteiger partial charge in [0.15, 0.2) is 0 Å². The Bertz CT molecular complexity index is 579. The van der Waals surface area contributed by atoms with Crippen LogP contribution >= 0.6 is 0 Å². The maximum Gasteiger partial charge on any atom is 0.219 e. The van der Waals surface area contributed by atoms with Gasteiger partial charge in [-0.1, -0.05) is 52.3 Å². The van der Waals surface area contributed by atoms with Gasteiger partial charge in [0.1, 0.15) is 6.29 Å². The van der Waals surface area contributed by atoms with Gasteiger partial charge in [0.2, 0.25) is 5.91 Å². The van der Waals surface area contributed by atoms with E-state index in [1.807, 2.05) is 27.7 Å². The molecule has 1 atom stereocenters. The Balaban J connectivity index is 0.00000171. The molecular weight excluding hydrogens is 348 g/mol. The SMILES string of the molecule is CC.CC.CC/C=C\C1=C(C=C(C)C)CC2(CC2)N1C(C=O)CCC(=O)NC. The van der Waals surface area contributed by atoms with Gasteiger partial charge in [-0.05, 0) is 57.6 Å². The summed E-state index contributed by atoms with van der Waals surface area (Å²) in [5.74, 6) is -0.00922. The van der Waals surface area contributed by atoms with E-state index in [1.54, 1.807) is 7.05 Å². The summed E-state index contributed by atoms with van der Waals surface area (Å²) in [7, 11) is 1.64. The standard InChI is InChI=1S/C20H30N2O2.2C2H6/c1-5-6-7-18-16(12-15(2)3)13-20(10-11-20)22(18)17(14-23)8-9-19(24)21-4;2*1-2/h6-7,12,14,17H,5,8-11,13H2,1-4H3,(H,21,24);2*1-2H3/b7-6-;;. The van der Waals surface area contributed by atoms with Gasteiger partial charge in [0.25, 0.3) is 0 Å². The molecule has 2 aliphatic rings. The number of hydrogen-bond acceptors (Lipinski definition) is 3. The van der Waals surface area contributed by atoms with Crippen molar-refractivity contribution in [3.63, 3.8) is 0 Å². The first-order chi connectivity index (χ1) is 13.5. The van der Waals surface area contributed by atoms with Crippen LogP contribution in [0.4, 0.5) is 0 Å². The van der Waals surface area contributed by atoms with Crippen LogP contribution in [-0.4, -0.2) is 35.7 Å². The van der Waals surface area contributed by atoms with E-state index < -0.39 is 0 Å². The molecule has 1 N–H and O–H groups in total. The van der Waals surface area contributed by atoms with Crippen LogP contribution < -0.4 is 5.32 Å². The van der Waals surface area contributed by atoms with Crippen molar-refractivity contribution in [1.29, 1.82) is 0 Å². The molecule has 0 aromatic rings. The topological polar surface area (TPSA) is 49.4 Å². The highest BCUT2D eigenvalue weighted by atomic mass is 16.1. The zero-order chi connectivity index (χ0) is 21.7. The van der Waals surface area contributed by atoms with E-state index in [1.165, 1.54) is 16.8 Å². The number of carbonyl (C=O) groups is 2. The number of aldehydes is 1. The normalized spacial score (nSPS) is 17.4. The Kier molecular flexibility index (Phi) is 12.5. The number of hydrogen-bond donors (Lipinski definition) is 1. The predicted molar refractivity (Wildman–Crippen MR) is 120 cm³/mol.